The second-order valence-electron chi connectivity index (χ2n) is 4.16. The average molecular weight is 262 g/mol. The Hall–Kier alpha value is -2.17. The first-order valence-electron chi connectivity index (χ1n) is 6.18. The molecule has 1 aromatic carbocycles. The topological polar surface area (TPSA) is 70.5 Å². The smallest absolute Gasteiger partial charge is 0.179 e. The zero-order valence-electron chi connectivity index (χ0n) is 11.4. The van der Waals surface area contributed by atoms with Crippen molar-refractivity contribution < 1.29 is 14.0 Å². The summed E-state index contributed by atoms with van der Waals surface area (Å²) in [6.07, 6.45) is 1.75. The molecule has 0 bridgehead atoms. The van der Waals surface area contributed by atoms with E-state index in [9.17, 15) is 0 Å². The van der Waals surface area contributed by atoms with Crippen LogP contribution in [0, 0.1) is 0 Å². The van der Waals surface area contributed by atoms with Crippen LogP contribution in [0.5, 0.6) is 11.5 Å². The molecule has 5 heteroatoms. The molecule has 2 aromatic rings. The minimum absolute atomic E-state index is 0.421. The van der Waals surface area contributed by atoms with Crippen LogP contribution in [0.4, 0.5) is 5.82 Å². The third-order valence-electron chi connectivity index (χ3n) is 2.97. The van der Waals surface area contributed by atoms with E-state index in [2.05, 4.69) is 12.1 Å². The van der Waals surface area contributed by atoms with E-state index in [1.165, 1.54) is 0 Å². The summed E-state index contributed by atoms with van der Waals surface area (Å²) in [7, 11) is 3.22. The molecule has 1 aromatic heterocycles. The molecule has 0 unspecified atom stereocenters. The van der Waals surface area contributed by atoms with Crippen LogP contribution >= 0.6 is 0 Å². The quantitative estimate of drug-likeness (QED) is 0.897. The van der Waals surface area contributed by atoms with E-state index in [-0.39, 0.29) is 0 Å². The van der Waals surface area contributed by atoms with Crippen LogP contribution in [-0.4, -0.2) is 19.4 Å². The summed E-state index contributed by atoms with van der Waals surface area (Å²) in [5.41, 5.74) is 7.51. The van der Waals surface area contributed by atoms with Gasteiger partial charge in [0.1, 0.15) is 17.1 Å². The van der Waals surface area contributed by atoms with Gasteiger partial charge in [-0.05, 0) is 18.6 Å². The van der Waals surface area contributed by atoms with Crippen molar-refractivity contribution in [2.45, 2.75) is 19.8 Å². The fourth-order valence-electron chi connectivity index (χ4n) is 2.08. The monoisotopic (exact) mass is 262 g/mol. The third-order valence-corrected chi connectivity index (χ3v) is 2.97. The lowest BCUT2D eigenvalue weighted by Crippen LogP contribution is -1.96. The molecular formula is C14H18N2O3. The second-order valence-corrected chi connectivity index (χ2v) is 4.16. The minimum Gasteiger partial charge on any atom is -0.496 e. The normalized spacial score (nSPS) is 10.5. The Morgan fingerprint density at radius 3 is 2.37 bits per heavy atom. The highest BCUT2D eigenvalue weighted by Crippen LogP contribution is 2.41. The van der Waals surface area contributed by atoms with Crippen molar-refractivity contribution in [2.24, 2.45) is 0 Å². The number of nitrogens with two attached hydrogens (primary N) is 1. The Bertz CT molecular complexity index is 542. The Morgan fingerprint density at radius 1 is 1.21 bits per heavy atom. The lowest BCUT2D eigenvalue weighted by atomic mass is 10.0. The van der Waals surface area contributed by atoms with Crippen molar-refractivity contribution in [3.05, 3.63) is 23.8 Å². The number of benzene rings is 1. The Kier molecular flexibility index (Phi) is 3.94. The van der Waals surface area contributed by atoms with Crippen LogP contribution in [0.3, 0.4) is 0 Å². The Balaban J connectivity index is 2.64. The minimum atomic E-state index is 0.421. The molecule has 2 N–H and O–H groups in total. The first kappa shape index (κ1) is 13.3. The van der Waals surface area contributed by atoms with Crippen LogP contribution in [-0.2, 0) is 6.42 Å². The number of nitrogen functional groups attached to an aromatic ring is 1. The van der Waals surface area contributed by atoms with E-state index < -0.39 is 0 Å². The number of hydrogen-bond donors (Lipinski definition) is 1. The van der Waals surface area contributed by atoms with Gasteiger partial charge in [-0.15, -0.1) is 0 Å². The first-order valence-corrected chi connectivity index (χ1v) is 6.18. The van der Waals surface area contributed by atoms with Gasteiger partial charge in [0.25, 0.3) is 0 Å². The first-order chi connectivity index (χ1) is 9.22. The van der Waals surface area contributed by atoms with Gasteiger partial charge in [-0.25, -0.2) is 0 Å². The van der Waals surface area contributed by atoms with Gasteiger partial charge >= 0.3 is 0 Å². The van der Waals surface area contributed by atoms with Gasteiger partial charge in [0.2, 0.25) is 0 Å². The van der Waals surface area contributed by atoms with Crippen molar-refractivity contribution in [1.82, 2.24) is 5.16 Å². The average Bonchev–Trinajstić information content (AvgIpc) is 2.79. The number of anilines is 1. The number of hydrogen-bond acceptors (Lipinski definition) is 5. The molecule has 102 valence electrons. The van der Waals surface area contributed by atoms with Crippen molar-refractivity contribution >= 4 is 5.82 Å². The molecule has 19 heavy (non-hydrogen) atoms. The number of methoxy groups -OCH3 is 2. The summed E-state index contributed by atoms with van der Waals surface area (Å²) in [4.78, 5) is 0. The van der Waals surface area contributed by atoms with E-state index in [1.54, 1.807) is 14.2 Å². The van der Waals surface area contributed by atoms with Crippen molar-refractivity contribution in [1.29, 1.82) is 0 Å². The highest BCUT2D eigenvalue weighted by molar-refractivity contribution is 5.77. The maximum atomic E-state index is 5.86. The van der Waals surface area contributed by atoms with Gasteiger partial charge in [-0.2, -0.15) is 0 Å². The summed E-state index contributed by atoms with van der Waals surface area (Å²) in [5, 5.41) is 3.85. The van der Waals surface area contributed by atoms with Crippen LogP contribution in [0.1, 0.15) is 18.9 Å². The summed E-state index contributed by atoms with van der Waals surface area (Å²) in [6.45, 7) is 2.08. The molecule has 5 nitrogen and oxygen atoms in total. The zero-order valence-corrected chi connectivity index (χ0v) is 11.4. The zero-order chi connectivity index (χ0) is 13.8. The van der Waals surface area contributed by atoms with E-state index in [0.717, 1.165) is 24.0 Å². The summed E-state index contributed by atoms with van der Waals surface area (Å²) < 4.78 is 16.1. The molecule has 0 aliphatic carbocycles. The predicted molar refractivity (Wildman–Crippen MR) is 73.5 cm³/mol. The molecular weight excluding hydrogens is 244 g/mol. The van der Waals surface area contributed by atoms with Gasteiger partial charge in [-0.3, -0.25) is 0 Å². The second kappa shape index (κ2) is 5.65. The number of rotatable bonds is 5. The van der Waals surface area contributed by atoms with Crippen LogP contribution in [0.15, 0.2) is 22.7 Å². The van der Waals surface area contributed by atoms with Gasteiger partial charge < -0.3 is 19.7 Å². The fourth-order valence-corrected chi connectivity index (χ4v) is 2.08. The van der Waals surface area contributed by atoms with Crippen molar-refractivity contribution in [3.63, 3.8) is 0 Å². The third kappa shape index (κ3) is 2.36. The van der Waals surface area contributed by atoms with Crippen LogP contribution < -0.4 is 15.2 Å². The molecule has 0 atom stereocenters. The van der Waals surface area contributed by atoms with E-state index >= 15 is 0 Å². The Labute approximate surface area is 112 Å². The molecule has 0 aliphatic rings. The Morgan fingerprint density at radius 2 is 1.84 bits per heavy atom. The number of nitrogens with zero attached hydrogens (tertiary/aromatic N) is 1. The van der Waals surface area contributed by atoms with E-state index in [1.807, 2.05) is 18.2 Å². The molecule has 1 heterocycles. The SMILES string of the molecule is CCCc1c(N)noc1-c1c(OC)cccc1OC. The molecule has 0 radical (unpaired) electrons. The molecule has 0 spiro atoms. The molecule has 0 amide bonds. The van der Waals surface area contributed by atoms with Gasteiger partial charge in [0.15, 0.2) is 11.6 Å². The van der Waals surface area contributed by atoms with Gasteiger partial charge in [0, 0.05) is 5.56 Å². The predicted octanol–water partition coefficient (Wildman–Crippen LogP) is 2.89. The summed E-state index contributed by atoms with van der Waals surface area (Å²) in [6, 6.07) is 5.57. The number of ether oxygens (including phenoxy) is 2. The fraction of sp³-hybridized carbons (Fsp3) is 0.357. The summed E-state index contributed by atoms with van der Waals surface area (Å²) >= 11 is 0. The number of aromatic nitrogens is 1. The van der Waals surface area contributed by atoms with E-state index in [0.29, 0.717) is 23.1 Å². The lowest BCUT2D eigenvalue weighted by Gasteiger charge is -2.11. The largest absolute Gasteiger partial charge is 0.496 e. The maximum absolute atomic E-state index is 5.86. The highest BCUT2D eigenvalue weighted by Gasteiger charge is 2.22. The molecule has 0 fully saturated rings. The molecule has 0 aliphatic heterocycles. The van der Waals surface area contributed by atoms with Crippen LogP contribution in [0.2, 0.25) is 0 Å². The molecule has 2 rings (SSSR count). The van der Waals surface area contributed by atoms with Crippen molar-refractivity contribution in [2.75, 3.05) is 20.0 Å². The standard InChI is InChI=1S/C14H18N2O3/c1-4-6-9-13(19-16-14(9)15)12-10(17-2)7-5-8-11(12)18-3/h5,7-8H,4,6H2,1-3H3,(H2,15,16). The highest BCUT2D eigenvalue weighted by atomic mass is 16.5. The summed E-state index contributed by atoms with van der Waals surface area (Å²) in [5.74, 6) is 2.39. The van der Waals surface area contributed by atoms with Gasteiger partial charge in [-0.1, -0.05) is 24.6 Å². The lowest BCUT2D eigenvalue weighted by molar-refractivity contribution is 0.387. The molecule has 0 saturated carbocycles. The van der Waals surface area contributed by atoms with Crippen LogP contribution in [0.25, 0.3) is 11.3 Å². The van der Waals surface area contributed by atoms with E-state index in [4.69, 9.17) is 19.7 Å². The van der Waals surface area contributed by atoms with Crippen molar-refractivity contribution in [3.8, 4) is 22.8 Å². The molecule has 0 saturated heterocycles. The van der Waals surface area contributed by atoms with Gasteiger partial charge in [0.05, 0.1) is 14.2 Å². The maximum Gasteiger partial charge on any atom is 0.179 e.